The molecule has 0 fully saturated rings. The average molecular weight is 351 g/mol. The van der Waals surface area contributed by atoms with Crippen LogP contribution in [-0.2, 0) is 14.3 Å². The lowest BCUT2D eigenvalue weighted by molar-refractivity contribution is -0.155. The zero-order chi connectivity index (χ0) is 19.0. The van der Waals surface area contributed by atoms with E-state index in [4.69, 9.17) is 14.2 Å². The average Bonchev–Trinajstić information content (AvgIpc) is 2.49. The van der Waals surface area contributed by atoms with E-state index in [1.165, 1.54) is 7.11 Å². The van der Waals surface area contributed by atoms with Crippen LogP contribution in [0.4, 0.5) is 0 Å². The molecule has 140 valence electrons. The Morgan fingerprint density at radius 3 is 2.56 bits per heavy atom. The van der Waals surface area contributed by atoms with Crippen molar-refractivity contribution in [3.8, 4) is 5.88 Å². The highest BCUT2D eigenvalue weighted by molar-refractivity contribution is 5.91. The predicted octanol–water partition coefficient (Wildman–Crippen LogP) is 3.70. The van der Waals surface area contributed by atoms with Crippen LogP contribution >= 0.6 is 0 Å². The van der Waals surface area contributed by atoms with Crippen LogP contribution in [0.15, 0.2) is 12.3 Å². The van der Waals surface area contributed by atoms with Crippen molar-refractivity contribution in [3.05, 3.63) is 23.4 Å². The highest BCUT2D eigenvalue weighted by Gasteiger charge is 2.19. The molecule has 0 saturated carbocycles. The van der Waals surface area contributed by atoms with Gasteiger partial charge in [0.1, 0.15) is 11.2 Å². The van der Waals surface area contributed by atoms with Gasteiger partial charge in [-0.1, -0.05) is 6.92 Å². The van der Waals surface area contributed by atoms with Crippen LogP contribution in [0.25, 0.3) is 0 Å². The molecular formula is C19H29NO5. The molecule has 0 amide bonds. The minimum absolute atomic E-state index is 0.186. The Hall–Kier alpha value is -2.11. The maximum atomic E-state index is 11.8. The number of hydrogen-bond donors (Lipinski definition) is 0. The van der Waals surface area contributed by atoms with Gasteiger partial charge >= 0.3 is 11.9 Å². The van der Waals surface area contributed by atoms with Crippen LogP contribution in [0.2, 0.25) is 0 Å². The van der Waals surface area contributed by atoms with Crippen molar-refractivity contribution in [2.45, 2.75) is 59.5 Å². The Balaban J connectivity index is 2.43. The van der Waals surface area contributed by atoms with Gasteiger partial charge in [-0.25, -0.2) is 9.78 Å². The zero-order valence-corrected chi connectivity index (χ0v) is 16.0. The molecule has 1 aromatic heterocycles. The number of hydrogen-bond acceptors (Lipinski definition) is 6. The van der Waals surface area contributed by atoms with Gasteiger partial charge in [-0.2, -0.15) is 0 Å². The van der Waals surface area contributed by atoms with Gasteiger partial charge in [0.05, 0.1) is 13.7 Å². The Morgan fingerprint density at radius 2 is 1.96 bits per heavy atom. The normalized spacial score (nSPS) is 12.4. The molecule has 0 saturated heterocycles. The van der Waals surface area contributed by atoms with E-state index < -0.39 is 11.6 Å². The molecule has 0 radical (unpaired) electrons. The fourth-order valence-corrected chi connectivity index (χ4v) is 2.30. The van der Waals surface area contributed by atoms with Crippen molar-refractivity contribution < 1.29 is 23.8 Å². The topological polar surface area (TPSA) is 74.7 Å². The number of aryl methyl sites for hydroxylation is 1. The first kappa shape index (κ1) is 20.9. The summed E-state index contributed by atoms with van der Waals surface area (Å²) in [5.74, 6) is -0.180. The second kappa shape index (κ2) is 9.39. The molecule has 0 bridgehead atoms. The fraction of sp³-hybridized carbons (Fsp3) is 0.632. The molecule has 1 aromatic rings. The Labute approximate surface area is 149 Å². The van der Waals surface area contributed by atoms with E-state index in [0.717, 1.165) is 18.4 Å². The first-order valence-electron chi connectivity index (χ1n) is 8.52. The molecule has 0 aromatic carbocycles. The van der Waals surface area contributed by atoms with Gasteiger partial charge in [0.15, 0.2) is 0 Å². The van der Waals surface area contributed by atoms with Crippen molar-refractivity contribution in [1.82, 2.24) is 4.98 Å². The van der Waals surface area contributed by atoms with Crippen molar-refractivity contribution in [3.63, 3.8) is 0 Å². The summed E-state index contributed by atoms with van der Waals surface area (Å²) >= 11 is 0. The highest BCUT2D eigenvalue weighted by Crippen LogP contribution is 2.19. The smallest absolute Gasteiger partial charge is 0.343 e. The molecular weight excluding hydrogens is 322 g/mol. The monoisotopic (exact) mass is 351 g/mol. The number of ether oxygens (including phenoxy) is 3. The van der Waals surface area contributed by atoms with E-state index in [2.05, 4.69) is 4.98 Å². The summed E-state index contributed by atoms with van der Waals surface area (Å²) in [5, 5.41) is 0. The third-order valence-electron chi connectivity index (χ3n) is 3.41. The third-order valence-corrected chi connectivity index (χ3v) is 3.41. The lowest BCUT2D eigenvalue weighted by Crippen LogP contribution is -2.24. The number of aromatic nitrogens is 1. The van der Waals surface area contributed by atoms with Crippen molar-refractivity contribution >= 4 is 11.9 Å². The summed E-state index contributed by atoms with van der Waals surface area (Å²) in [6.07, 6.45) is 3.60. The number of esters is 2. The van der Waals surface area contributed by atoms with Crippen LogP contribution < -0.4 is 4.74 Å². The molecule has 0 spiro atoms. The number of rotatable bonds is 8. The van der Waals surface area contributed by atoms with Gasteiger partial charge in [0, 0.05) is 12.6 Å². The van der Waals surface area contributed by atoms with E-state index >= 15 is 0 Å². The van der Waals surface area contributed by atoms with E-state index in [0.29, 0.717) is 18.6 Å². The van der Waals surface area contributed by atoms with Crippen molar-refractivity contribution in [1.29, 1.82) is 0 Å². The second-order valence-electron chi connectivity index (χ2n) is 7.24. The van der Waals surface area contributed by atoms with Crippen LogP contribution in [0.3, 0.4) is 0 Å². The van der Waals surface area contributed by atoms with Gasteiger partial charge in [-0.3, -0.25) is 4.79 Å². The maximum Gasteiger partial charge on any atom is 0.343 e. The quantitative estimate of drug-likeness (QED) is 0.525. The lowest BCUT2D eigenvalue weighted by atomic mass is 10.0. The Morgan fingerprint density at radius 1 is 1.28 bits per heavy atom. The molecule has 1 unspecified atom stereocenters. The van der Waals surface area contributed by atoms with Gasteiger partial charge in [-0.15, -0.1) is 0 Å². The summed E-state index contributed by atoms with van der Waals surface area (Å²) in [4.78, 5) is 27.7. The SMILES string of the molecule is COC(=O)c1cc(C)cnc1OCCCC(C)CC(=O)OC(C)(C)C. The van der Waals surface area contributed by atoms with Crippen molar-refractivity contribution in [2.75, 3.05) is 13.7 Å². The van der Waals surface area contributed by atoms with Gasteiger partial charge in [0.25, 0.3) is 0 Å². The van der Waals surface area contributed by atoms with Crippen LogP contribution in [0.1, 0.15) is 62.9 Å². The summed E-state index contributed by atoms with van der Waals surface area (Å²) in [5.41, 5.74) is 0.726. The Bertz CT molecular complexity index is 592. The Kier molecular flexibility index (Phi) is 7.87. The summed E-state index contributed by atoms with van der Waals surface area (Å²) < 4.78 is 15.7. The molecule has 25 heavy (non-hydrogen) atoms. The van der Waals surface area contributed by atoms with Crippen LogP contribution in [0.5, 0.6) is 5.88 Å². The van der Waals surface area contributed by atoms with Gasteiger partial charge < -0.3 is 14.2 Å². The number of methoxy groups -OCH3 is 1. The van der Waals surface area contributed by atoms with E-state index in [1.807, 2.05) is 34.6 Å². The molecule has 1 rings (SSSR count). The van der Waals surface area contributed by atoms with E-state index in [-0.39, 0.29) is 17.8 Å². The van der Waals surface area contributed by atoms with E-state index in [1.54, 1.807) is 12.3 Å². The third kappa shape index (κ3) is 8.01. The molecule has 1 atom stereocenters. The number of carbonyl (C=O) groups is 2. The molecule has 6 heteroatoms. The van der Waals surface area contributed by atoms with Gasteiger partial charge in [0.2, 0.25) is 5.88 Å². The standard InChI is InChI=1S/C19H29NO5/c1-13(11-16(21)25-19(3,4)5)8-7-9-24-17-15(18(22)23-6)10-14(2)12-20-17/h10,12-13H,7-9,11H2,1-6H3. The van der Waals surface area contributed by atoms with Crippen molar-refractivity contribution in [2.24, 2.45) is 5.92 Å². The lowest BCUT2D eigenvalue weighted by Gasteiger charge is -2.21. The minimum Gasteiger partial charge on any atom is -0.477 e. The second-order valence-corrected chi connectivity index (χ2v) is 7.24. The molecule has 0 aliphatic carbocycles. The summed E-state index contributed by atoms with van der Waals surface area (Å²) in [6.45, 7) is 9.85. The van der Waals surface area contributed by atoms with Crippen LogP contribution in [-0.4, -0.2) is 36.2 Å². The van der Waals surface area contributed by atoms with Gasteiger partial charge in [-0.05, 0) is 58.1 Å². The summed E-state index contributed by atoms with van der Waals surface area (Å²) in [6, 6.07) is 1.69. The highest BCUT2D eigenvalue weighted by atomic mass is 16.6. The zero-order valence-electron chi connectivity index (χ0n) is 16.0. The van der Waals surface area contributed by atoms with Crippen LogP contribution in [0, 0.1) is 12.8 Å². The molecule has 0 N–H and O–H groups in total. The number of pyridine rings is 1. The number of nitrogens with zero attached hydrogens (tertiary/aromatic N) is 1. The molecule has 0 aliphatic heterocycles. The summed E-state index contributed by atoms with van der Waals surface area (Å²) in [7, 11) is 1.33. The maximum absolute atomic E-state index is 11.8. The molecule has 1 heterocycles. The predicted molar refractivity (Wildman–Crippen MR) is 94.7 cm³/mol. The first-order valence-corrected chi connectivity index (χ1v) is 8.52. The molecule has 0 aliphatic rings. The van der Waals surface area contributed by atoms with E-state index in [9.17, 15) is 9.59 Å². The first-order chi connectivity index (χ1) is 11.6. The minimum atomic E-state index is -0.468. The fourth-order valence-electron chi connectivity index (χ4n) is 2.30. The molecule has 6 nitrogen and oxygen atoms in total. The number of carbonyl (C=O) groups excluding carboxylic acids is 2. The largest absolute Gasteiger partial charge is 0.477 e.